The lowest BCUT2D eigenvalue weighted by atomic mass is 10.2. The molecule has 4 N–H and O–H groups in total. The number of carbonyl (C=O) groups is 1. The second-order valence-electron chi connectivity index (χ2n) is 4.60. The molecule has 1 atom stereocenters. The minimum absolute atomic E-state index is 0.270. The number of nitrogens with zero attached hydrogens (tertiary/aromatic N) is 2. The summed E-state index contributed by atoms with van der Waals surface area (Å²) in [7, 11) is 0. The summed E-state index contributed by atoms with van der Waals surface area (Å²) >= 11 is 0. The number of carbonyl (C=O) groups excluding carboxylic acids is 1. The van der Waals surface area contributed by atoms with E-state index < -0.39 is 11.9 Å². The van der Waals surface area contributed by atoms with Crippen LogP contribution in [0.5, 0.6) is 5.88 Å². The molecule has 7 heteroatoms. The second-order valence-corrected chi connectivity index (χ2v) is 4.60. The molecule has 1 fully saturated rings. The summed E-state index contributed by atoms with van der Waals surface area (Å²) in [6, 6.07) is 2.97. The van der Waals surface area contributed by atoms with Crippen LogP contribution in [0.25, 0.3) is 0 Å². The third-order valence-electron chi connectivity index (χ3n) is 3.07. The third-order valence-corrected chi connectivity index (χ3v) is 3.07. The summed E-state index contributed by atoms with van der Waals surface area (Å²) in [5.74, 6) is 0.579. The van der Waals surface area contributed by atoms with Crippen molar-refractivity contribution in [1.82, 2.24) is 4.98 Å². The monoisotopic (exact) mass is 280 g/mol. The van der Waals surface area contributed by atoms with Crippen molar-refractivity contribution in [2.75, 3.05) is 37.0 Å². The zero-order valence-electron chi connectivity index (χ0n) is 11.5. The van der Waals surface area contributed by atoms with E-state index in [1.54, 1.807) is 12.1 Å². The van der Waals surface area contributed by atoms with Gasteiger partial charge in [0.1, 0.15) is 11.9 Å². The predicted molar refractivity (Wildman–Crippen MR) is 75.6 cm³/mol. The average Bonchev–Trinajstić information content (AvgIpc) is 2.46. The lowest BCUT2D eigenvalue weighted by molar-refractivity contribution is -0.121. The fourth-order valence-corrected chi connectivity index (χ4v) is 2.03. The van der Waals surface area contributed by atoms with Crippen molar-refractivity contribution in [2.45, 2.75) is 19.4 Å². The molecular weight excluding hydrogens is 260 g/mol. The Morgan fingerprint density at radius 2 is 2.40 bits per heavy atom. The Labute approximate surface area is 117 Å². The standard InChI is InChI=1S/C13H20N4O3/c1-2-6-20-13-9(14)3-4-11(16-13)17-5-7-19-8-10(17)12(15)18/h3-4,10H,2,5-8,14H2,1H3,(H2,15,18). The molecule has 20 heavy (non-hydrogen) atoms. The van der Waals surface area contributed by atoms with E-state index in [9.17, 15) is 4.79 Å². The molecule has 0 aromatic carbocycles. The van der Waals surface area contributed by atoms with Crippen LogP contribution in [0.2, 0.25) is 0 Å². The van der Waals surface area contributed by atoms with E-state index in [4.69, 9.17) is 20.9 Å². The number of amides is 1. The van der Waals surface area contributed by atoms with E-state index in [1.807, 2.05) is 11.8 Å². The van der Waals surface area contributed by atoms with E-state index in [0.29, 0.717) is 37.1 Å². The number of rotatable bonds is 5. The highest BCUT2D eigenvalue weighted by atomic mass is 16.5. The number of anilines is 2. The summed E-state index contributed by atoms with van der Waals surface area (Å²) in [5.41, 5.74) is 11.7. The lowest BCUT2D eigenvalue weighted by Gasteiger charge is -2.34. The Kier molecular flexibility index (Phi) is 4.62. The van der Waals surface area contributed by atoms with E-state index in [-0.39, 0.29) is 6.61 Å². The molecule has 1 aliphatic rings. The summed E-state index contributed by atoms with van der Waals surface area (Å²) in [5, 5.41) is 0. The van der Waals surface area contributed by atoms with Gasteiger partial charge in [-0.15, -0.1) is 0 Å². The molecule has 1 aromatic rings. The molecule has 0 saturated carbocycles. The van der Waals surface area contributed by atoms with Crippen LogP contribution < -0.4 is 21.1 Å². The number of aromatic nitrogens is 1. The van der Waals surface area contributed by atoms with E-state index >= 15 is 0 Å². The number of hydrogen-bond acceptors (Lipinski definition) is 6. The van der Waals surface area contributed by atoms with Gasteiger partial charge in [0, 0.05) is 6.54 Å². The highest BCUT2D eigenvalue weighted by molar-refractivity contribution is 5.83. The maximum atomic E-state index is 11.5. The Morgan fingerprint density at radius 3 is 3.10 bits per heavy atom. The van der Waals surface area contributed by atoms with Gasteiger partial charge in [0.05, 0.1) is 25.5 Å². The van der Waals surface area contributed by atoms with Gasteiger partial charge in [-0.3, -0.25) is 4.79 Å². The SMILES string of the molecule is CCCOc1nc(N2CCOCC2C(N)=O)ccc1N. The van der Waals surface area contributed by atoms with Crippen molar-refractivity contribution >= 4 is 17.4 Å². The smallest absolute Gasteiger partial charge is 0.242 e. The maximum absolute atomic E-state index is 11.5. The first-order chi connectivity index (χ1) is 9.63. The molecule has 2 heterocycles. The molecule has 1 unspecified atom stereocenters. The minimum atomic E-state index is -0.515. The summed E-state index contributed by atoms with van der Waals surface area (Å²) in [6.07, 6.45) is 0.868. The number of primary amides is 1. The Bertz CT molecular complexity index is 481. The van der Waals surface area contributed by atoms with Crippen molar-refractivity contribution in [3.8, 4) is 5.88 Å². The van der Waals surface area contributed by atoms with Gasteiger partial charge in [0.15, 0.2) is 0 Å². The van der Waals surface area contributed by atoms with Crippen LogP contribution in [-0.4, -0.2) is 43.3 Å². The largest absolute Gasteiger partial charge is 0.476 e. The average molecular weight is 280 g/mol. The molecule has 1 amide bonds. The van der Waals surface area contributed by atoms with Crippen LogP contribution in [0.3, 0.4) is 0 Å². The van der Waals surface area contributed by atoms with E-state index in [1.165, 1.54) is 0 Å². The molecule has 0 aliphatic carbocycles. The van der Waals surface area contributed by atoms with Gasteiger partial charge in [0.25, 0.3) is 0 Å². The molecule has 110 valence electrons. The quantitative estimate of drug-likeness (QED) is 0.795. The molecule has 0 bridgehead atoms. The van der Waals surface area contributed by atoms with Crippen molar-refractivity contribution in [1.29, 1.82) is 0 Å². The van der Waals surface area contributed by atoms with Gasteiger partial charge >= 0.3 is 0 Å². The van der Waals surface area contributed by atoms with Crippen molar-refractivity contribution < 1.29 is 14.3 Å². The summed E-state index contributed by atoms with van der Waals surface area (Å²) in [6.45, 7) is 3.90. The first-order valence-electron chi connectivity index (χ1n) is 6.66. The molecule has 2 rings (SSSR count). The van der Waals surface area contributed by atoms with Crippen LogP contribution in [0.4, 0.5) is 11.5 Å². The number of morpholine rings is 1. The Balaban J connectivity index is 2.24. The molecule has 1 aromatic heterocycles. The Morgan fingerprint density at radius 1 is 1.60 bits per heavy atom. The zero-order chi connectivity index (χ0) is 14.5. The highest BCUT2D eigenvalue weighted by Gasteiger charge is 2.29. The number of nitrogens with two attached hydrogens (primary N) is 2. The molecule has 0 radical (unpaired) electrons. The molecule has 1 aliphatic heterocycles. The van der Waals surface area contributed by atoms with Gasteiger partial charge in [-0.2, -0.15) is 4.98 Å². The number of nitrogen functional groups attached to an aromatic ring is 1. The van der Waals surface area contributed by atoms with E-state index in [2.05, 4.69) is 4.98 Å². The van der Waals surface area contributed by atoms with Gasteiger partial charge in [-0.25, -0.2) is 0 Å². The summed E-state index contributed by atoms with van der Waals surface area (Å²) < 4.78 is 10.8. The number of pyridine rings is 1. The van der Waals surface area contributed by atoms with Crippen LogP contribution in [-0.2, 0) is 9.53 Å². The predicted octanol–water partition coefficient (Wildman–Crippen LogP) is 0.143. The molecule has 1 saturated heterocycles. The molecular formula is C13H20N4O3. The molecule has 7 nitrogen and oxygen atoms in total. The minimum Gasteiger partial charge on any atom is -0.476 e. The lowest BCUT2D eigenvalue weighted by Crippen LogP contribution is -2.53. The Hall–Kier alpha value is -2.02. The van der Waals surface area contributed by atoms with Gasteiger partial charge in [-0.05, 0) is 18.6 Å². The van der Waals surface area contributed by atoms with Crippen molar-refractivity contribution in [3.05, 3.63) is 12.1 Å². The van der Waals surface area contributed by atoms with Crippen LogP contribution in [0, 0.1) is 0 Å². The second kappa shape index (κ2) is 6.42. The maximum Gasteiger partial charge on any atom is 0.242 e. The van der Waals surface area contributed by atoms with E-state index in [0.717, 1.165) is 6.42 Å². The topological polar surface area (TPSA) is 104 Å². The van der Waals surface area contributed by atoms with Gasteiger partial charge in [-0.1, -0.05) is 6.92 Å². The number of ether oxygens (including phenoxy) is 2. The van der Waals surface area contributed by atoms with Crippen molar-refractivity contribution in [3.63, 3.8) is 0 Å². The first kappa shape index (κ1) is 14.4. The highest BCUT2D eigenvalue weighted by Crippen LogP contribution is 2.25. The third kappa shape index (κ3) is 3.11. The first-order valence-corrected chi connectivity index (χ1v) is 6.66. The van der Waals surface area contributed by atoms with Crippen LogP contribution >= 0.6 is 0 Å². The number of hydrogen-bond donors (Lipinski definition) is 2. The van der Waals surface area contributed by atoms with Gasteiger partial charge < -0.3 is 25.8 Å². The van der Waals surface area contributed by atoms with Crippen molar-refractivity contribution in [2.24, 2.45) is 5.73 Å². The fourth-order valence-electron chi connectivity index (χ4n) is 2.03. The molecule has 0 spiro atoms. The zero-order valence-corrected chi connectivity index (χ0v) is 11.5. The van der Waals surface area contributed by atoms with Crippen LogP contribution in [0.15, 0.2) is 12.1 Å². The van der Waals surface area contributed by atoms with Crippen LogP contribution in [0.1, 0.15) is 13.3 Å². The normalized spacial score (nSPS) is 18.9. The summed E-state index contributed by atoms with van der Waals surface area (Å²) in [4.78, 5) is 17.7. The fraction of sp³-hybridized carbons (Fsp3) is 0.538. The van der Waals surface area contributed by atoms with Gasteiger partial charge in [0.2, 0.25) is 11.8 Å².